The standard InChI is InChI=1S/C20H24N2O5S/c1-4-26-16-11-9-15(10-12-16)14(2)21-20(23)19-13-22(28(3,24)25)17-7-5-6-8-18(17)27-19/h5-12,14,19H,4,13H2,1-3H3,(H,21,23). The van der Waals surface area contributed by atoms with Crippen molar-refractivity contribution >= 4 is 21.6 Å². The first kappa shape index (κ1) is 20.0. The molecule has 0 fully saturated rings. The molecule has 2 unspecified atom stereocenters. The Bertz CT molecular complexity index is 943. The van der Waals surface area contributed by atoms with Gasteiger partial charge in [-0.05, 0) is 43.7 Å². The molecule has 3 rings (SSSR count). The Morgan fingerprint density at radius 1 is 1.25 bits per heavy atom. The van der Waals surface area contributed by atoms with Crippen molar-refractivity contribution in [2.75, 3.05) is 23.7 Å². The number of anilines is 1. The molecule has 0 saturated carbocycles. The van der Waals surface area contributed by atoms with Crippen LogP contribution in [-0.2, 0) is 14.8 Å². The lowest BCUT2D eigenvalue weighted by Crippen LogP contribution is -2.50. The van der Waals surface area contributed by atoms with Gasteiger partial charge in [0.25, 0.3) is 5.91 Å². The maximum Gasteiger partial charge on any atom is 0.263 e. The summed E-state index contributed by atoms with van der Waals surface area (Å²) in [6.45, 7) is 4.29. The van der Waals surface area contributed by atoms with Gasteiger partial charge in [-0.3, -0.25) is 9.10 Å². The third-order valence-corrected chi connectivity index (χ3v) is 5.62. The van der Waals surface area contributed by atoms with Crippen LogP contribution in [0, 0.1) is 0 Å². The second kappa shape index (κ2) is 8.10. The van der Waals surface area contributed by atoms with Crippen LogP contribution in [0.15, 0.2) is 48.5 Å². The molecule has 8 heteroatoms. The summed E-state index contributed by atoms with van der Waals surface area (Å²) in [5, 5.41) is 2.89. The van der Waals surface area contributed by atoms with Crippen molar-refractivity contribution in [3.63, 3.8) is 0 Å². The second-order valence-corrected chi connectivity index (χ2v) is 8.51. The Morgan fingerprint density at radius 3 is 2.57 bits per heavy atom. The molecule has 2 aromatic rings. The lowest BCUT2D eigenvalue weighted by atomic mass is 10.1. The summed E-state index contributed by atoms with van der Waals surface area (Å²) in [7, 11) is -3.54. The number of para-hydroxylation sites is 2. The van der Waals surface area contributed by atoms with Gasteiger partial charge >= 0.3 is 0 Å². The average Bonchev–Trinajstić information content (AvgIpc) is 2.67. The summed E-state index contributed by atoms with van der Waals surface area (Å²) in [6, 6.07) is 14.0. The van der Waals surface area contributed by atoms with Gasteiger partial charge in [-0.25, -0.2) is 8.42 Å². The molecule has 0 bridgehead atoms. The number of benzene rings is 2. The molecule has 1 amide bonds. The third kappa shape index (κ3) is 4.39. The zero-order valence-electron chi connectivity index (χ0n) is 16.1. The number of rotatable bonds is 6. The highest BCUT2D eigenvalue weighted by atomic mass is 32.2. The summed E-state index contributed by atoms with van der Waals surface area (Å²) >= 11 is 0. The fourth-order valence-corrected chi connectivity index (χ4v) is 3.98. The van der Waals surface area contributed by atoms with Gasteiger partial charge in [-0.15, -0.1) is 0 Å². The summed E-state index contributed by atoms with van der Waals surface area (Å²) in [5.41, 5.74) is 1.35. The number of ether oxygens (including phenoxy) is 2. The first-order valence-corrected chi connectivity index (χ1v) is 10.9. The zero-order chi connectivity index (χ0) is 20.3. The number of carbonyl (C=O) groups is 1. The van der Waals surface area contributed by atoms with Crippen LogP contribution in [0.5, 0.6) is 11.5 Å². The minimum atomic E-state index is -3.54. The smallest absolute Gasteiger partial charge is 0.263 e. The maximum absolute atomic E-state index is 12.8. The van der Waals surface area contributed by atoms with Gasteiger partial charge < -0.3 is 14.8 Å². The van der Waals surface area contributed by atoms with Crippen molar-refractivity contribution in [2.24, 2.45) is 0 Å². The van der Waals surface area contributed by atoms with Gasteiger partial charge in [0.1, 0.15) is 11.5 Å². The number of amides is 1. The molecule has 7 nitrogen and oxygen atoms in total. The van der Waals surface area contributed by atoms with Crippen LogP contribution in [0.25, 0.3) is 0 Å². The molecule has 0 aromatic heterocycles. The molecular formula is C20H24N2O5S. The van der Waals surface area contributed by atoms with Crippen molar-refractivity contribution < 1.29 is 22.7 Å². The Kier molecular flexibility index (Phi) is 5.79. The van der Waals surface area contributed by atoms with Crippen molar-refractivity contribution in [1.82, 2.24) is 5.32 Å². The third-order valence-electron chi connectivity index (χ3n) is 4.48. The van der Waals surface area contributed by atoms with Crippen LogP contribution in [0.2, 0.25) is 0 Å². The summed E-state index contributed by atoms with van der Waals surface area (Å²) in [5.74, 6) is 0.762. The molecular weight excluding hydrogens is 380 g/mol. The van der Waals surface area contributed by atoms with E-state index in [-0.39, 0.29) is 18.5 Å². The quantitative estimate of drug-likeness (QED) is 0.800. The van der Waals surface area contributed by atoms with Crippen LogP contribution >= 0.6 is 0 Å². The summed E-state index contributed by atoms with van der Waals surface area (Å²) < 4.78 is 36.7. The van der Waals surface area contributed by atoms with Crippen molar-refractivity contribution in [3.8, 4) is 11.5 Å². The first-order valence-electron chi connectivity index (χ1n) is 9.06. The summed E-state index contributed by atoms with van der Waals surface area (Å²) in [6.07, 6.45) is 0.182. The van der Waals surface area contributed by atoms with Crippen LogP contribution in [0.4, 0.5) is 5.69 Å². The summed E-state index contributed by atoms with van der Waals surface area (Å²) in [4.78, 5) is 12.8. The lowest BCUT2D eigenvalue weighted by molar-refractivity contribution is -0.128. The predicted octanol–water partition coefficient (Wildman–Crippen LogP) is 2.49. The van der Waals surface area contributed by atoms with E-state index in [0.717, 1.165) is 17.6 Å². The highest BCUT2D eigenvalue weighted by Crippen LogP contribution is 2.34. The Balaban J connectivity index is 1.74. The van der Waals surface area contributed by atoms with E-state index in [1.807, 2.05) is 38.1 Å². The first-order chi connectivity index (χ1) is 13.3. The molecule has 2 atom stereocenters. The number of fused-ring (bicyclic) bond motifs is 1. The minimum Gasteiger partial charge on any atom is -0.494 e. The average molecular weight is 404 g/mol. The molecule has 0 radical (unpaired) electrons. The number of nitrogens with zero attached hydrogens (tertiary/aromatic N) is 1. The molecule has 0 aliphatic carbocycles. The molecule has 2 aromatic carbocycles. The van der Waals surface area contributed by atoms with E-state index in [9.17, 15) is 13.2 Å². The molecule has 1 aliphatic heterocycles. The second-order valence-electron chi connectivity index (χ2n) is 6.60. The fraction of sp³-hybridized carbons (Fsp3) is 0.350. The molecule has 1 aliphatic rings. The molecule has 0 spiro atoms. The SMILES string of the molecule is CCOc1ccc(C(C)NC(=O)C2CN(S(C)(=O)=O)c3ccccc3O2)cc1. The van der Waals surface area contributed by atoms with E-state index >= 15 is 0 Å². The van der Waals surface area contributed by atoms with Gasteiger partial charge in [0.15, 0.2) is 6.10 Å². The fourth-order valence-electron chi connectivity index (χ4n) is 3.06. The highest BCUT2D eigenvalue weighted by molar-refractivity contribution is 7.92. The molecule has 0 saturated heterocycles. The van der Waals surface area contributed by atoms with E-state index in [1.165, 1.54) is 4.31 Å². The van der Waals surface area contributed by atoms with Gasteiger partial charge in [-0.2, -0.15) is 0 Å². The topological polar surface area (TPSA) is 84.9 Å². The van der Waals surface area contributed by atoms with E-state index in [0.29, 0.717) is 18.0 Å². The zero-order valence-corrected chi connectivity index (χ0v) is 16.9. The van der Waals surface area contributed by atoms with E-state index in [1.54, 1.807) is 24.3 Å². The number of hydrogen-bond donors (Lipinski definition) is 1. The normalized spacial score (nSPS) is 17.2. The predicted molar refractivity (Wildman–Crippen MR) is 107 cm³/mol. The highest BCUT2D eigenvalue weighted by Gasteiger charge is 2.35. The number of sulfonamides is 1. The Morgan fingerprint density at radius 2 is 1.93 bits per heavy atom. The lowest BCUT2D eigenvalue weighted by Gasteiger charge is -2.34. The van der Waals surface area contributed by atoms with E-state index in [4.69, 9.17) is 9.47 Å². The van der Waals surface area contributed by atoms with Gasteiger partial charge in [0.05, 0.1) is 31.1 Å². The van der Waals surface area contributed by atoms with Crippen molar-refractivity contribution in [3.05, 3.63) is 54.1 Å². The van der Waals surface area contributed by atoms with E-state index < -0.39 is 16.1 Å². The van der Waals surface area contributed by atoms with Crippen LogP contribution in [0.3, 0.4) is 0 Å². The monoisotopic (exact) mass is 404 g/mol. The maximum atomic E-state index is 12.8. The van der Waals surface area contributed by atoms with E-state index in [2.05, 4.69) is 5.32 Å². The Labute approximate surface area is 165 Å². The van der Waals surface area contributed by atoms with Gasteiger partial charge in [0.2, 0.25) is 10.0 Å². The van der Waals surface area contributed by atoms with Crippen LogP contribution in [-0.4, -0.2) is 39.8 Å². The molecule has 1 N–H and O–H groups in total. The van der Waals surface area contributed by atoms with Crippen molar-refractivity contribution in [2.45, 2.75) is 26.0 Å². The van der Waals surface area contributed by atoms with Gasteiger partial charge in [0, 0.05) is 0 Å². The number of carbonyl (C=O) groups excluding carboxylic acids is 1. The van der Waals surface area contributed by atoms with Crippen LogP contribution < -0.4 is 19.1 Å². The van der Waals surface area contributed by atoms with Crippen molar-refractivity contribution in [1.29, 1.82) is 0 Å². The minimum absolute atomic E-state index is 0.0717. The molecule has 150 valence electrons. The Hall–Kier alpha value is -2.74. The number of hydrogen-bond acceptors (Lipinski definition) is 5. The molecule has 28 heavy (non-hydrogen) atoms. The number of nitrogens with one attached hydrogen (secondary N) is 1. The van der Waals surface area contributed by atoms with Gasteiger partial charge in [-0.1, -0.05) is 24.3 Å². The largest absolute Gasteiger partial charge is 0.494 e. The van der Waals surface area contributed by atoms with Crippen LogP contribution in [0.1, 0.15) is 25.5 Å². The molecule has 1 heterocycles.